The van der Waals surface area contributed by atoms with Crippen LogP contribution in [-0.4, -0.2) is 30.0 Å². The zero-order valence-electron chi connectivity index (χ0n) is 11.4. The number of rotatable bonds is 6. The van der Waals surface area contributed by atoms with Gasteiger partial charge in [-0.2, -0.15) is 0 Å². The second-order valence-corrected chi connectivity index (χ2v) is 4.75. The van der Waals surface area contributed by atoms with Crippen LogP contribution in [0.15, 0.2) is 54.9 Å². The third kappa shape index (κ3) is 3.88. The van der Waals surface area contributed by atoms with Crippen molar-refractivity contribution in [2.45, 2.75) is 12.5 Å². The lowest BCUT2D eigenvalue weighted by atomic mass is 10.1. The van der Waals surface area contributed by atoms with Crippen LogP contribution in [0, 0.1) is 0 Å². The molecule has 3 nitrogen and oxygen atoms in total. The standard InChI is InChI=1S/C16H21N3/c1-19(12-9-14-7-10-18-11-8-14)16(13-17)15-5-3-2-4-6-15/h2-8,10-11,16H,9,12-13,17H2,1H3. The van der Waals surface area contributed by atoms with Crippen molar-refractivity contribution in [3.63, 3.8) is 0 Å². The van der Waals surface area contributed by atoms with Gasteiger partial charge in [-0.3, -0.25) is 9.88 Å². The topological polar surface area (TPSA) is 42.2 Å². The molecule has 19 heavy (non-hydrogen) atoms. The van der Waals surface area contributed by atoms with E-state index in [4.69, 9.17) is 5.73 Å². The smallest absolute Gasteiger partial charge is 0.0467 e. The van der Waals surface area contributed by atoms with E-state index in [-0.39, 0.29) is 6.04 Å². The summed E-state index contributed by atoms with van der Waals surface area (Å²) < 4.78 is 0. The summed E-state index contributed by atoms with van der Waals surface area (Å²) >= 11 is 0. The van der Waals surface area contributed by atoms with Gasteiger partial charge in [-0.1, -0.05) is 30.3 Å². The molecule has 2 rings (SSSR count). The van der Waals surface area contributed by atoms with Gasteiger partial charge in [-0.15, -0.1) is 0 Å². The van der Waals surface area contributed by atoms with E-state index in [1.165, 1.54) is 11.1 Å². The Morgan fingerprint density at radius 2 is 1.79 bits per heavy atom. The maximum Gasteiger partial charge on any atom is 0.0467 e. The van der Waals surface area contributed by atoms with Crippen molar-refractivity contribution in [3.05, 3.63) is 66.0 Å². The van der Waals surface area contributed by atoms with E-state index in [0.717, 1.165) is 13.0 Å². The van der Waals surface area contributed by atoms with Crippen molar-refractivity contribution in [1.29, 1.82) is 0 Å². The fourth-order valence-corrected chi connectivity index (χ4v) is 2.26. The lowest BCUT2D eigenvalue weighted by Gasteiger charge is -2.27. The van der Waals surface area contributed by atoms with E-state index in [2.05, 4.69) is 53.3 Å². The van der Waals surface area contributed by atoms with Crippen LogP contribution in [0.3, 0.4) is 0 Å². The van der Waals surface area contributed by atoms with E-state index in [1.807, 2.05) is 18.5 Å². The zero-order valence-corrected chi connectivity index (χ0v) is 11.4. The van der Waals surface area contributed by atoms with Crippen LogP contribution >= 0.6 is 0 Å². The summed E-state index contributed by atoms with van der Waals surface area (Å²) in [6, 6.07) is 14.9. The Balaban J connectivity index is 1.96. The van der Waals surface area contributed by atoms with Crippen LogP contribution in [0.5, 0.6) is 0 Å². The monoisotopic (exact) mass is 255 g/mol. The minimum absolute atomic E-state index is 0.281. The number of nitrogens with two attached hydrogens (primary N) is 1. The third-order valence-electron chi connectivity index (χ3n) is 3.44. The molecule has 3 heteroatoms. The van der Waals surface area contributed by atoms with Crippen molar-refractivity contribution in [2.24, 2.45) is 5.73 Å². The molecule has 0 aliphatic heterocycles. The maximum atomic E-state index is 5.92. The molecule has 0 aliphatic rings. The average molecular weight is 255 g/mol. The quantitative estimate of drug-likeness (QED) is 0.861. The molecule has 1 unspecified atom stereocenters. The molecule has 1 atom stereocenters. The van der Waals surface area contributed by atoms with E-state index in [0.29, 0.717) is 6.54 Å². The average Bonchev–Trinajstić information content (AvgIpc) is 2.48. The van der Waals surface area contributed by atoms with Gasteiger partial charge in [-0.05, 0) is 36.7 Å². The van der Waals surface area contributed by atoms with Gasteiger partial charge in [-0.25, -0.2) is 0 Å². The first kappa shape index (κ1) is 13.7. The Labute approximate surface area is 115 Å². The number of nitrogens with zero attached hydrogens (tertiary/aromatic N) is 2. The van der Waals surface area contributed by atoms with Gasteiger partial charge in [0.15, 0.2) is 0 Å². The van der Waals surface area contributed by atoms with E-state index in [9.17, 15) is 0 Å². The minimum atomic E-state index is 0.281. The molecule has 0 saturated carbocycles. The Morgan fingerprint density at radius 3 is 2.42 bits per heavy atom. The van der Waals surface area contributed by atoms with Gasteiger partial charge < -0.3 is 5.73 Å². The third-order valence-corrected chi connectivity index (χ3v) is 3.44. The summed E-state index contributed by atoms with van der Waals surface area (Å²) in [4.78, 5) is 6.35. The zero-order chi connectivity index (χ0) is 13.5. The second-order valence-electron chi connectivity index (χ2n) is 4.75. The van der Waals surface area contributed by atoms with Crippen molar-refractivity contribution in [1.82, 2.24) is 9.88 Å². The number of likely N-dealkylation sites (N-methyl/N-ethyl adjacent to an activating group) is 1. The summed E-state index contributed by atoms with van der Waals surface area (Å²) in [6.07, 6.45) is 4.70. The van der Waals surface area contributed by atoms with Gasteiger partial charge in [0.05, 0.1) is 0 Å². The molecule has 0 radical (unpaired) electrons. The van der Waals surface area contributed by atoms with Crippen LogP contribution in [0.1, 0.15) is 17.2 Å². The molecule has 0 amide bonds. The molecular weight excluding hydrogens is 234 g/mol. The summed E-state index contributed by atoms with van der Waals surface area (Å²) in [5, 5.41) is 0. The highest BCUT2D eigenvalue weighted by Gasteiger charge is 2.14. The highest BCUT2D eigenvalue weighted by molar-refractivity contribution is 5.19. The largest absolute Gasteiger partial charge is 0.329 e. The van der Waals surface area contributed by atoms with Crippen molar-refractivity contribution in [2.75, 3.05) is 20.1 Å². The summed E-state index contributed by atoms with van der Waals surface area (Å²) in [5.74, 6) is 0. The van der Waals surface area contributed by atoms with Crippen LogP contribution in [0.2, 0.25) is 0 Å². The SMILES string of the molecule is CN(CCc1ccncc1)C(CN)c1ccccc1. The van der Waals surface area contributed by atoms with Crippen LogP contribution in [-0.2, 0) is 6.42 Å². The number of benzene rings is 1. The molecule has 1 aromatic heterocycles. The Kier molecular flexibility index (Phi) is 5.07. The number of hydrogen-bond donors (Lipinski definition) is 1. The van der Waals surface area contributed by atoms with Gasteiger partial charge in [0.25, 0.3) is 0 Å². The molecule has 2 aromatic rings. The minimum Gasteiger partial charge on any atom is -0.329 e. The summed E-state index contributed by atoms with van der Waals surface area (Å²) in [7, 11) is 2.13. The normalized spacial score (nSPS) is 12.6. The number of pyridine rings is 1. The fraction of sp³-hybridized carbons (Fsp3) is 0.312. The summed E-state index contributed by atoms with van der Waals surface area (Å²) in [6.45, 7) is 1.62. The van der Waals surface area contributed by atoms with E-state index >= 15 is 0 Å². The van der Waals surface area contributed by atoms with Gasteiger partial charge >= 0.3 is 0 Å². The molecule has 0 saturated heterocycles. The number of hydrogen-bond acceptors (Lipinski definition) is 3. The molecular formula is C16H21N3. The lowest BCUT2D eigenvalue weighted by Crippen LogP contribution is -2.32. The molecule has 1 aromatic carbocycles. The van der Waals surface area contributed by atoms with Gasteiger partial charge in [0.1, 0.15) is 0 Å². The highest BCUT2D eigenvalue weighted by Crippen LogP contribution is 2.18. The molecule has 0 fully saturated rings. The van der Waals surface area contributed by atoms with Gasteiger partial charge in [0, 0.05) is 31.5 Å². The number of aromatic nitrogens is 1. The molecule has 100 valence electrons. The lowest BCUT2D eigenvalue weighted by molar-refractivity contribution is 0.253. The molecule has 0 bridgehead atoms. The predicted octanol–water partition coefficient (Wildman–Crippen LogP) is 2.26. The molecule has 1 heterocycles. The van der Waals surface area contributed by atoms with Crippen LogP contribution < -0.4 is 5.73 Å². The maximum absolute atomic E-state index is 5.92. The first-order valence-electron chi connectivity index (χ1n) is 6.65. The Hall–Kier alpha value is -1.71. The van der Waals surface area contributed by atoms with Crippen molar-refractivity contribution < 1.29 is 0 Å². The molecule has 0 spiro atoms. The highest BCUT2D eigenvalue weighted by atomic mass is 15.1. The van der Waals surface area contributed by atoms with Crippen molar-refractivity contribution in [3.8, 4) is 0 Å². The second kappa shape index (κ2) is 7.02. The van der Waals surface area contributed by atoms with E-state index in [1.54, 1.807) is 0 Å². The first-order chi connectivity index (χ1) is 9.31. The van der Waals surface area contributed by atoms with E-state index < -0.39 is 0 Å². The summed E-state index contributed by atoms with van der Waals surface area (Å²) in [5.41, 5.74) is 8.51. The van der Waals surface area contributed by atoms with Crippen molar-refractivity contribution >= 4 is 0 Å². The molecule has 2 N–H and O–H groups in total. The van der Waals surface area contributed by atoms with Gasteiger partial charge in [0.2, 0.25) is 0 Å². The molecule has 0 aliphatic carbocycles. The van der Waals surface area contributed by atoms with Crippen LogP contribution in [0.25, 0.3) is 0 Å². The Morgan fingerprint density at radius 1 is 1.11 bits per heavy atom. The van der Waals surface area contributed by atoms with Crippen LogP contribution in [0.4, 0.5) is 0 Å². The predicted molar refractivity (Wildman–Crippen MR) is 78.8 cm³/mol. The Bertz CT molecular complexity index is 470. The first-order valence-corrected chi connectivity index (χ1v) is 6.65. The fourth-order valence-electron chi connectivity index (χ4n) is 2.26.